The average Bonchev–Trinajstić information content (AvgIpc) is 2.40. The summed E-state index contributed by atoms with van der Waals surface area (Å²) in [6.07, 6.45) is 0. The molecule has 0 fully saturated rings. The highest BCUT2D eigenvalue weighted by atomic mass is 32.2. The van der Waals surface area contributed by atoms with Crippen LogP contribution in [0, 0.1) is 6.92 Å². The molecule has 0 aliphatic heterocycles. The number of hydrogen-bond donors (Lipinski definition) is 1. The summed E-state index contributed by atoms with van der Waals surface area (Å²) in [4.78, 5) is 0.571. The maximum atomic E-state index is 12.5. The molecule has 0 saturated carbocycles. The highest BCUT2D eigenvalue weighted by Gasteiger charge is 2.12. The lowest BCUT2D eigenvalue weighted by Crippen LogP contribution is -2.07. The van der Waals surface area contributed by atoms with Crippen LogP contribution >= 0.6 is 11.8 Å². The number of benzene rings is 2. The summed E-state index contributed by atoms with van der Waals surface area (Å²) < 4.78 is 25.1. The molecule has 2 aromatic rings. The molecule has 106 valence electrons. The zero-order chi connectivity index (χ0) is 14.5. The molecule has 4 heteroatoms. The Morgan fingerprint density at radius 3 is 2.50 bits per heavy atom. The molecular weight excluding hydrogens is 276 g/mol. The highest BCUT2D eigenvalue weighted by Crippen LogP contribution is 2.33. The van der Waals surface area contributed by atoms with Gasteiger partial charge in [0.25, 0.3) is 5.76 Å². The largest absolute Gasteiger partial charge is 0.378 e. The zero-order valence-electron chi connectivity index (χ0n) is 11.4. The first-order chi connectivity index (χ1) is 9.56. The molecule has 1 unspecified atom stereocenters. The van der Waals surface area contributed by atoms with Gasteiger partial charge in [-0.25, -0.2) is 0 Å². The third kappa shape index (κ3) is 3.97. The SMILES string of the molecule is Cc1cccc(C(C)Nc2ccccc2SC(F)F)c1. The van der Waals surface area contributed by atoms with Gasteiger partial charge in [0.05, 0.1) is 0 Å². The molecule has 0 aromatic heterocycles. The Hall–Kier alpha value is -1.55. The van der Waals surface area contributed by atoms with Gasteiger partial charge in [-0.1, -0.05) is 53.7 Å². The summed E-state index contributed by atoms with van der Waals surface area (Å²) in [6.45, 7) is 4.06. The molecule has 20 heavy (non-hydrogen) atoms. The van der Waals surface area contributed by atoms with Gasteiger partial charge in [0.2, 0.25) is 0 Å². The number of para-hydroxylation sites is 1. The van der Waals surface area contributed by atoms with E-state index in [1.807, 2.05) is 44.2 Å². The van der Waals surface area contributed by atoms with E-state index in [0.29, 0.717) is 16.7 Å². The lowest BCUT2D eigenvalue weighted by molar-refractivity contribution is 0.252. The van der Waals surface area contributed by atoms with Crippen molar-refractivity contribution in [3.05, 3.63) is 59.7 Å². The zero-order valence-corrected chi connectivity index (χ0v) is 12.3. The van der Waals surface area contributed by atoms with Gasteiger partial charge in [-0.15, -0.1) is 0 Å². The molecule has 0 bridgehead atoms. The first-order valence-corrected chi connectivity index (χ1v) is 7.31. The Morgan fingerprint density at radius 1 is 1.05 bits per heavy atom. The van der Waals surface area contributed by atoms with E-state index in [2.05, 4.69) is 11.4 Å². The number of hydrogen-bond acceptors (Lipinski definition) is 2. The molecule has 1 N–H and O–H groups in total. The summed E-state index contributed by atoms with van der Waals surface area (Å²) in [5.74, 6) is -2.41. The highest BCUT2D eigenvalue weighted by molar-refractivity contribution is 7.99. The molecule has 0 spiro atoms. The number of aryl methyl sites for hydroxylation is 1. The van der Waals surface area contributed by atoms with Gasteiger partial charge in [0.1, 0.15) is 0 Å². The number of alkyl halides is 2. The van der Waals surface area contributed by atoms with Crippen molar-refractivity contribution in [1.29, 1.82) is 0 Å². The first kappa shape index (κ1) is 14.9. The number of rotatable bonds is 5. The summed E-state index contributed by atoms with van der Waals surface area (Å²) in [7, 11) is 0. The van der Waals surface area contributed by atoms with Crippen LogP contribution in [-0.2, 0) is 0 Å². The van der Waals surface area contributed by atoms with Gasteiger partial charge in [-0.05, 0) is 31.5 Å². The molecule has 1 nitrogen and oxygen atoms in total. The third-order valence-electron chi connectivity index (χ3n) is 3.02. The van der Waals surface area contributed by atoms with Crippen molar-refractivity contribution in [3.8, 4) is 0 Å². The minimum atomic E-state index is -2.41. The normalized spacial score (nSPS) is 12.4. The quantitative estimate of drug-likeness (QED) is 0.732. The number of thioether (sulfide) groups is 1. The second-order valence-electron chi connectivity index (χ2n) is 4.65. The lowest BCUT2D eigenvalue weighted by Gasteiger charge is -2.18. The van der Waals surface area contributed by atoms with Gasteiger partial charge in [0, 0.05) is 16.6 Å². The predicted octanol–water partition coefficient (Wildman–Crippen LogP) is 5.48. The summed E-state index contributed by atoms with van der Waals surface area (Å²) in [5.41, 5.74) is 3.07. The van der Waals surface area contributed by atoms with Crippen molar-refractivity contribution in [2.45, 2.75) is 30.5 Å². The van der Waals surface area contributed by atoms with Crippen LogP contribution < -0.4 is 5.32 Å². The van der Waals surface area contributed by atoms with Crippen LogP contribution in [0.25, 0.3) is 0 Å². The van der Waals surface area contributed by atoms with Crippen molar-refractivity contribution < 1.29 is 8.78 Å². The van der Waals surface area contributed by atoms with E-state index >= 15 is 0 Å². The number of nitrogens with one attached hydrogen (secondary N) is 1. The minimum absolute atomic E-state index is 0.0642. The maximum absolute atomic E-state index is 12.5. The van der Waals surface area contributed by atoms with Crippen LogP contribution in [0.2, 0.25) is 0 Å². The number of anilines is 1. The summed E-state index contributed by atoms with van der Waals surface area (Å²) in [5, 5.41) is 3.31. The van der Waals surface area contributed by atoms with Crippen LogP contribution in [0.4, 0.5) is 14.5 Å². The van der Waals surface area contributed by atoms with E-state index in [-0.39, 0.29) is 6.04 Å². The van der Waals surface area contributed by atoms with Crippen LogP contribution in [-0.4, -0.2) is 5.76 Å². The van der Waals surface area contributed by atoms with E-state index in [1.165, 1.54) is 5.56 Å². The summed E-state index contributed by atoms with van der Waals surface area (Å²) >= 11 is 0.570. The van der Waals surface area contributed by atoms with Crippen LogP contribution in [0.3, 0.4) is 0 Å². The Balaban J connectivity index is 2.17. The topological polar surface area (TPSA) is 12.0 Å². The smallest absolute Gasteiger partial charge is 0.288 e. The van der Waals surface area contributed by atoms with Gasteiger partial charge >= 0.3 is 0 Å². The van der Waals surface area contributed by atoms with Crippen molar-refractivity contribution >= 4 is 17.4 Å². The second kappa shape index (κ2) is 6.75. The van der Waals surface area contributed by atoms with Crippen LogP contribution in [0.5, 0.6) is 0 Å². The Morgan fingerprint density at radius 2 is 1.80 bits per heavy atom. The molecule has 2 rings (SSSR count). The molecular formula is C16H17F2NS. The van der Waals surface area contributed by atoms with Gasteiger partial charge in [-0.3, -0.25) is 0 Å². The molecule has 1 atom stereocenters. The van der Waals surface area contributed by atoms with Crippen molar-refractivity contribution in [3.63, 3.8) is 0 Å². The Bertz CT molecular complexity index is 572. The molecule has 2 aromatic carbocycles. The number of halogens is 2. The molecule has 0 radical (unpaired) electrons. The van der Waals surface area contributed by atoms with E-state index in [4.69, 9.17) is 0 Å². The predicted molar refractivity (Wildman–Crippen MR) is 81.5 cm³/mol. The fourth-order valence-corrected chi connectivity index (χ4v) is 2.64. The van der Waals surface area contributed by atoms with Gasteiger partial charge in [0.15, 0.2) is 0 Å². The van der Waals surface area contributed by atoms with E-state index in [1.54, 1.807) is 12.1 Å². The fraction of sp³-hybridized carbons (Fsp3) is 0.250. The molecule has 0 aliphatic carbocycles. The van der Waals surface area contributed by atoms with Crippen molar-refractivity contribution in [1.82, 2.24) is 0 Å². The van der Waals surface area contributed by atoms with E-state index < -0.39 is 5.76 Å². The third-order valence-corrected chi connectivity index (χ3v) is 3.81. The molecule has 0 saturated heterocycles. The van der Waals surface area contributed by atoms with Crippen LogP contribution in [0.15, 0.2) is 53.4 Å². The van der Waals surface area contributed by atoms with Crippen molar-refractivity contribution in [2.75, 3.05) is 5.32 Å². The standard InChI is InChI=1S/C16H17F2NS/c1-11-6-5-7-13(10-11)12(2)19-14-8-3-4-9-15(14)20-16(17)18/h3-10,12,16,19H,1-2H3. The molecule has 0 amide bonds. The van der Waals surface area contributed by atoms with Gasteiger partial charge < -0.3 is 5.32 Å². The second-order valence-corrected chi connectivity index (χ2v) is 5.69. The minimum Gasteiger partial charge on any atom is -0.378 e. The average molecular weight is 293 g/mol. The fourth-order valence-electron chi connectivity index (χ4n) is 2.04. The monoisotopic (exact) mass is 293 g/mol. The van der Waals surface area contributed by atoms with E-state index in [9.17, 15) is 8.78 Å². The summed E-state index contributed by atoms with van der Waals surface area (Å²) in [6, 6.07) is 15.4. The Kier molecular flexibility index (Phi) is 5.01. The maximum Gasteiger partial charge on any atom is 0.288 e. The first-order valence-electron chi connectivity index (χ1n) is 6.43. The Labute approximate surface area is 122 Å². The van der Waals surface area contributed by atoms with Crippen LogP contribution in [0.1, 0.15) is 24.1 Å². The molecule has 0 aliphatic rings. The molecule has 0 heterocycles. The van der Waals surface area contributed by atoms with Crippen molar-refractivity contribution in [2.24, 2.45) is 0 Å². The van der Waals surface area contributed by atoms with Gasteiger partial charge in [-0.2, -0.15) is 8.78 Å². The van der Waals surface area contributed by atoms with E-state index in [0.717, 1.165) is 11.3 Å². The lowest BCUT2D eigenvalue weighted by atomic mass is 10.1.